The van der Waals surface area contributed by atoms with Crippen molar-refractivity contribution in [1.29, 1.82) is 0 Å². The van der Waals surface area contributed by atoms with Gasteiger partial charge in [-0.3, -0.25) is 19.2 Å². The third-order valence-corrected chi connectivity index (χ3v) is 5.05. The number of imidazole rings is 2. The van der Waals surface area contributed by atoms with Crippen LogP contribution in [0.2, 0.25) is 0 Å². The van der Waals surface area contributed by atoms with Gasteiger partial charge in [0, 0.05) is 20.0 Å². The molecule has 10 nitrogen and oxygen atoms in total. The summed E-state index contributed by atoms with van der Waals surface area (Å²) in [6.45, 7) is 2.82. The molecule has 160 valence electrons. The Kier molecular flexibility index (Phi) is 6.76. The first-order chi connectivity index (χ1) is 14.3. The molecule has 0 radical (unpaired) electrons. The largest absolute Gasteiger partial charge is 0.459 e. The molecule has 2 aromatic heterocycles. The molecule has 3 rings (SSSR count). The molecule has 2 aromatic rings. The topological polar surface area (TPSA) is 144 Å². The molecule has 1 fully saturated rings. The van der Waals surface area contributed by atoms with E-state index >= 15 is 0 Å². The van der Waals surface area contributed by atoms with Crippen molar-refractivity contribution < 1.29 is 28.7 Å². The molecule has 0 atom stereocenters. The molecule has 1 saturated carbocycles. The van der Waals surface area contributed by atoms with E-state index in [9.17, 15) is 19.2 Å². The number of ketones is 2. The lowest BCUT2D eigenvalue weighted by Crippen LogP contribution is -2.28. The molecule has 0 spiro atoms. The predicted octanol–water partition coefficient (Wildman–Crippen LogP) is 2.13. The fourth-order valence-corrected chi connectivity index (χ4v) is 3.32. The second-order valence-corrected chi connectivity index (χ2v) is 7.37. The Labute approximate surface area is 172 Å². The fraction of sp³-hybridized carbons (Fsp3) is 0.500. The standard InChI is InChI=1S/C20H24N4O6/c1-11(25)17-21-7-15(23-17)9-29-19(27)13-3-5-14(6-4-13)20(28)30-10-16-8-22-18(24-16)12(2)26/h7-8,13-14H,3-6,9-10H2,1-2H3,(H,21,23)(H,22,24)/t13-,14+. The van der Waals surface area contributed by atoms with Crippen LogP contribution in [-0.2, 0) is 32.3 Å². The van der Waals surface area contributed by atoms with Gasteiger partial charge in [0.25, 0.3) is 0 Å². The van der Waals surface area contributed by atoms with Crippen LogP contribution in [0.1, 0.15) is 72.2 Å². The number of carbonyl (C=O) groups excluding carboxylic acids is 4. The molecule has 0 amide bonds. The highest BCUT2D eigenvalue weighted by atomic mass is 16.5. The van der Waals surface area contributed by atoms with E-state index in [4.69, 9.17) is 9.47 Å². The molecule has 0 saturated heterocycles. The number of Topliss-reactive ketones (excluding diaryl/α,β-unsaturated/α-hetero) is 2. The number of esters is 2. The van der Waals surface area contributed by atoms with Gasteiger partial charge in [0.2, 0.25) is 0 Å². The number of aromatic amines is 2. The van der Waals surface area contributed by atoms with Gasteiger partial charge in [-0.15, -0.1) is 0 Å². The van der Waals surface area contributed by atoms with Crippen molar-refractivity contribution in [2.75, 3.05) is 0 Å². The van der Waals surface area contributed by atoms with E-state index in [1.807, 2.05) is 0 Å². The van der Waals surface area contributed by atoms with E-state index in [2.05, 4.69) is 19.9 Å². The molecule has 2 heterocycles. The number of nitrogens with zero attached hydrogens (tertiary/aromatic N) is 2. The average Bonchev–Trinajstić information content (AvgIpc) is 3.40. The summed E-state index contributed by atoms with van der Waals surface area (Å²) in [6, 6.07) is 0. The normalized spacial score (nSPS) is 18.6. The smallest absolute Gasteiger partial charge is 0.309 e. The Morgan fingerprint density at radius 3 is 2.00 bits per heavy atom. The molecule has 0 aromatic carbocycles. The lowest BCUT2D eigenvalue weighted by atomic mass is 9.82. The third kappa shape index (κ3) is 5.40. The molecule has 30 heavy (non-hydrogen) atoms. The van der Waals surface area contributed by atoms with Crippen molar-refractivity contribution in [1.82, 2.24) is 19.9 Å². The summed E-state index contributed by atoms with van der Waals surface area (Å²) in [4.78, 5) is 60.5. The predicted molar refractivity (Wildman–Crippen MR) is 102 cm³/mol. The molecule has 0 unspecified atom stereocenters. The summed E-state index contributed by atoms with van der Waals surface area (Å²) in [5.74, 6) is -1.12. The van der Waals surface area contributed by atoms with Crippen molar-refractivity contribution in [2.24, 2.45) is 11.8 Å². The third-order valence-electron chi connectivity index (χ3n) is 5.05. The van der Waals surface area contributed by atoms with Crippen molar-refractivity contribution in [3.8, 4) is 0 Å². The van der Waals surface area contributed by atoms with E-state index < -0.39 is 0 Å². The molecular weight excluding hydrogens is 392 g/mol. The second-order valence-electron chi connectivity index (χ2n) is 7.37. The summed E-state index contributed by atoms with van der Waals surface area (Å²) < 4.78 is 10.6. The van der Waals surface area contributed by atoms with Crippen LogP contribution in [0.25, 0.3) is 0 Å². The SMILES string of the molecule is CC(=O)c1nc(COC(=O)[C@H]2CC[C@@H](C(=O)OCc3cnc(C(C)=O)[nH]3)CC2)c[nH]1. The van der Waals surface area contributed by atoms with Crippen LogP contribution in [0.4, 0.5) is 0 Å². The minimum atomic E-state index is -0.330. The highest BCUT2D eigenvalue weighted by Gasteiger charge is 2.31. The lowest BCUT2D eigenvalue weighted by Gasteiger charge is -2.25. The van der Waals surface area contributed by atoms with Gasteiger partial charge < -0.3 is 19.4 Å². The van der Waals surface area contributed by atoms with Crippen LogP contribution in [0, 0.1) is 11.8 Å². The minimum Gasteiger partial charge on any atom is -0.459 e. The summed E-state index contributed by atoms with van der Waals surface area (Å²) >= 11 is 0. The minimum absolute atomic E-state index is 0.00296. The van der Waals surface area contributed by atoms with Crippen molar-refractivity contribution in [3.63, 3.8) is 0 Å². The van der Waals surface area contributed by atoms with Crippen molar-refractivity contribution in [3.05, 3.63) is 35.4 Å². The molecule has 0 bridgehead atoms. The van der Waals surface area contributed by atoms with Crippen molar-refractivity contribution in [2.45, 2.75) is 52.7 Å². The van der Waals surface area contributed by atoms with E-state index in [0.717, 1.165) is 0 Å². The summed E-state index contributed by atoms with van der Waals surface area (Å²) in [5, 5.41) is 0. The van der Waals surface area contributed by atoms with Gasteiger partial charge in [-0.05, 0) is 25.7 Å². The molecule has 10 heteroatoms. The molecular formula is C20H24N4O6. The number of hydrogen-bond acceptors (Lipinski definition) is 8. The van der Waals surface area contributed by atoms with E-state index in [-0.39, 0.29) is 60.2 Å². The molecule has 2 N–H and O–H groups in total. The van der Waals surface area contributed by atoms with E-state index in [1.54, 1.807) is 0 Å². The maximum atomic E-state index is 12.3. The van der Waals surface area contributed by atoms with Gasteiger partial charge in [0.05, 0.1) is 29.4 Å². The number of H-pyrrole nitrogens is 2. The molecule has 1 aliphatic rings. The molecule has 1 aliphatic carbocycles. The van der Waals surface area contributed by atoms with Crippen LogP contribution in [-0.4, -0.2) is 43.4 Å². The van der Waals surface area contributed by atoms with Gasteiger partial charge in [0.15, 0.2) is 23.2 Å². The van der Waals surface area contributed by atoms with E-state index in [0.29, 0.717) is 37.1 Å². The zero-order chi connectivity index (χ0) is 21.7. The fourth-order valence-electron chi connectivity index (χ4n) is 3.32. The van der Waals surface area contributed by atoms with Gasteiger partial charge in [-0.1, -0.05) is 0 Å². The maximum Gasteiger partial charge on any atom is 0.309 e. The zero-order valence-corrected chi connectivity index (χ0v) is 16.9. The van der Waals surface area contributed by atoms with Gasteiger partial charge in [-0.2, -0.15) is 0 Å². The quantitative estimate of drug-likeness (QED) is 0.492. The van der Waals surface area contributed by atoms with Crippen LogP contribution >= 0.6 is 0 Å². The number of aromatic nitrogens is 4. The lowest BCUT2D eigenvalue weighted by molar-refractivity contribution is -0.156. The second kappa shape index (κ2) is 9.47. The average molecular weight is 416 g/mol. The Morgan fingerprint density at radius 1 is 0.933 bits per heavy atom. The van der Waals surface area contributed by atoms with Crippen molar-refractivity contribution >= 4 is 23.5 Å². The Bertz CT molecular complexity index is 863. The first-order valence-electron chi connectivity index (χ1n) is 9.76. The maximum absolute atomic E-state index is 12.3. The van der Waals surface area contributed by atoms with E-state index in [1.165, 1.54) is 26.2 Å². The summed E-state index contributed by atoms with van der Waals surface area (Å²) in [7, 11) is 0. The highest BCUT2D eigenvalue weighted by molar-refractivity contribution is 5.90. The summed E-state index contributed by atoms with van der Waals surface area (Å²) in [6.07, 6.45) is 5.16. The van der Waals surface area contributed by atoms with Gasteiger partial charge >= 0.3 is 11.9 Å². The van der Waals surface area contributed by atoms with Gasteiger partial charge in [0.1, 0.15) is 13.2 Å². The number of hydrogen-bond donors (Lipinski definition) is 2. The van der Waals surface area contributed by atoms with Crippen LogP contribution in [0.5, 0.6) is 0 Å². The Balaban J connectivity index is 1.39. The first-order valence-corrected chi connectivity index (χ1v) is 9.76. The van der Waals surface area contributed by atoms with Crippen LogP contribution in [0.15, 0.2) is 12.4 Å². The molecule has 0 aliphatic heterocycles. The number of carbonyl (C=O) groups is 4. The van der Waals surface area contributed by atoms with Gasteiger partial charge in [-0.25, -0.2) is 9.97 Å². The van der Waals surface area contributed by atoms with Crippen LogP contribution < -0.4 is 0 Å². The Morgan fingerprint density at radius 2 is 1.50 bits per heavy atom. The number of ether oxygens (including phenoxy) is 2. The summed E-state index contributed by atoms with van der Waals surface area (Å²) in [5.41, 5.74) is 1.04. The number of rotatable bonds is 8. The zero-order valence-electron chi connectivity index (χ0n) is 16.9. The van der Waals surface area contributed by atoms with Crippen LogP contribution in [0.3, 0.4) is 0 Å². The highest BCUT2D eigenvalue weighted by Crippen LogP contribution is 2.30. The monoisotopic (exact) mass is 416 g/mol. The first kappa shape index (κ1) is 21.4. The number of nitrogens with one attached hydrogen (secondary N) is 2. The Hall–Kier alpha value is -3.30.